The van der Waals surface area contributed by atoms with Gasteiger partial charge >= 0.3 is 0 Å². The molecule has 0 fully saturated rings. The number of nitrogens with one attached hydrogen (secondary N) is 1. The highest BCUT2D eigenvalue weighted by Crippen LogP contribution is 2.39. The lowest BCUT2D eigenvalue weighted by Gasteiger charge is -2.15. The van der Waals surface area contributed by atoms with Crippen LogP contribution in [0.1, 0.15) is 65.9 Å². The second kappa shape index (κ2) is 11.9. The first kappa shape index (κ1) is 29.7. The third-order valence-corrected chi connectivity index (χ3v) is 10.7. The van der Waals surface area contributed by atoms with Gasteiger partial charge in [0.2, 0.25) is 0 Å². The molecule has 220 valence electrons. The Morgan fingerprint density at radius 2 is 1.76 bits per heavy atom. The summed E-state index contributed by atoms with van der Waals surface area (Å²) in [6.07, 6.45) is 3.26. The number of thiophene rings is 1. The minimum atomic E-state index is -3.92. The molecule has 0 aliphatic rings. The van der Waals surface area contributed by atoms with Crippen molar-refractivity contribution >= 4 is 38.1 Å². The molecule has 1 N–H and O–H groups in total. The zero-order valence-corrected chi connectivity index (χ0v) is 26.5. The van der Waals surface area contributed by atoms with Gasteiger partial charge in [-0.3, -0.25) is 14.5 Å². The molecule has 0 atom stereocenters. The molecular weight excluding hydrogens is 569 g/mol. The summed E-state index contributed by atoms with van der Waals surface area (Å²) in [5.74, 6) is 0.764. The van der Waals surface area contributed by atoms with Crippen LogP contribution < -0.4 is 10.3 Å². The number of hydrogen-bond donors (Lipinski definition) is 1. The third kappa shape index (κ3) is 5.65. The summed E-state index contributed by atoms with van der Waals surface area (Å²) in [6.45, 7) is 12.1. The van der Waals surface area contributed by atoms with Gasteiger partial charge < -0.3 is 9.09 Å². The Morgan fingerprint density at radius 3 is 2.40 bits per heavy atom. The van der Waals surface area contributed by atoms with Crippen LogP contribution in [0.25, 0.3) is 22.0 Å². The maximum absolute atomic E-state index is 13.6. The fraction of sp³-hybridized carbons (Fsp3) is 0.344. The molecule has 0 aliphatic heterocycles. The van der Waals surface area contributed by atoms with Crippen molar-refractivity contribution in [3.8, 4) is 11.1 Å². The molecule has 0 radical (unpaired) electrons. The lowest BCUT2D eigenvalue weighted by molar-refractivity contribution is 0.399. The predicted molar refractivity (Wildman–Crippen MR) is 169 cm³/mol. The Hall–Kier alpha value is -3.76. The number of nitrogens with zero attached hydrogens (tertiary/aromatic N) is 3. The van der Waals surface area contributed by atoms with E-state index in [1.54, 1.807) is 24.5 Å². The number of benzene rings is 1. The molecule has 5 aromatic rings. The maximum atomic E-state index is 13.6. The van der Waals surface area contributed by atoms with E-state index in [2.05, 4.69) is 30.6 Å². The van der Waals surface area contributed by atoms with E-state index in [0.717, 1.165) is 69.5 Å². The highest BCUT2D eigenvalue weighted by molar-refractivity contribution is 7.94. The van der Waals surface area contributed by atoms with E-state index in [9.17, 15) is 13.2 Å². The number of pyridine rings is 2. The zero-order chi connectivity index (χ0) is 30.2. The second-order valence-electron chi connectivity index (χ2n) is 10.6. The minimum absolute atomic E-state index is 0.0700. The topological polar surface area (TPSA) is 107 Å². The number of hydrogen-bond acceptors (Lipinski definition) is 7. The maximum Gasteiger partial charge on any atom is 0.273 e. The number of sulfonamides is 1. The largest absolute Gasteiger partial charge is 0.359 e. The summed E-state index contributed by atoms with van der Waals surface area (Å²) >= 11 is 1.28. The molecule has 0 amide bonds. The SMILES string of the molecule is CCCc1cc(-c2ccc(Cn3c(=O)ccc4c(CC)nc(CC)cc43)cc2C)c(S(=O)(=O)Nc2noc(C)c2C)s1. The van der Waals surface area contributed by atoms with E-state index in [-0.39, 0.29) is 15.6 Å². The van der Waals surface area contributed by atoms with Crippen LogP contribution in [0.3, 0.4) is 0 Å². The van der Waals surface area contributed by atoms with Crippen molar-refractivity contribution in [2.75, 3.05) is 4.72 Å². The second-order valence-corrected chi connectivity index (χ2v) is 13.6. The highest BCUT2D eigenvalue weighted by atomic mass is 32.2. The first-order valence-electron chi connectivity index (χ1n) is 14.3. The summed E-state index contributed by atoms with van der Waals surface area (Å²) in [6, 6.07) is 13.4. The molecular formula is C32H36N4O4S2. The molecule has 4 heterocycles. The van der Waals surface area contributed by atoms with E-state index < -0.39 is 10.0 Å². The van der Waals surface area contributed by atoms with Gasteiger partial charge in [-0.05, 0) is 74.9 Å². The summed E-state index contributed by atoms with van der Waals surface area (Å²) in [5, 5.41) is 4.89. The lowest BCUT2D eigenvalue weighted by Crippen LogP contribution is -2.21. The molecule has 4 aromatic heterocycles. The number of fused-ring (bicyclic) bond motifs is 1. The smallest absolute Gasteiger partial charge is 0.273 e. The summed E-state index contributed by atoms with van der Waals surface area (Å²) in [7, 11) is -3.92. The summed E-state index contributed by atoms with van der Waals surface area (Å²) < 4.78 is 37.1. The standard InChI is InChI=1S/C32H36N4O4S2/c1-7-10-24-17-27(32(41-24)42(38,39)35-31-20(5)21(6)40-34-31)25-12-11-22(15-19(25)4)18-36-29-16-23(8-2)33-28(9-3)26(29)13-14-30(36)37/h11-17H,7-10,18H2,1-6H3,(H,34,35). The fourth-order valence-electron chi connectivity index (χ4n) is 5.21. The van der Waals surface area contributed by atoms with Crippen molar-refractivity contribution in [3.63, 3.8) is 0 Å². The van der Waals surface area contributed by atoms with Gasteiger partial charge in [0.25, 0.3) is 15.6 Å². The van der Waals surface area contributed by atoms with Crippen LogP contribution in [-0.4, -0.2) is 23.1 Å². The van der Waals surface area contributed by atoms with E-state index in [4.69, 9.17) is 9.51 Å². The molecule has 0 spiro atoms. The molecule has 0 saturated heterocycles. The third-order valence-electron chi connectivity index (χ3n) is 7.61. The average molecular weight is 605 g/mol. The highest BCUT2D eigenvalue weighted by Gasteiger charge is 2.26. The molecule has 42 heavy (non-hydrogen) atoms. The Morgan fingerprint density at radius 1 is 0.976 bits per heavy atom. The first-order valence-corrected chi connectivity index (χ1v) is 16.6. The van der Waals surface area contributed by atoms with Gasteiger partial charge in [-0.15, -0.1) is 11.3 Å². The van der Waals surface area contributed by atoms with E-state index in [0.29, 0.717) is 23.4 Å². The van der Waals surface area contributed by atoms with Gasteiger partial charge in [-0.25, -0.2) is 8.42 Å². The molecule has 0 aliphatic carbocycles. The van der Waals surface area contributed by atoms with Crippen LogP contribution in [0.2, 0.25) is 0 Å². The van der Waals surface area contributed by atoms with Crippen molar-refractivity contribution in [1.29, 1.82) is 0 Å². The van der Waals surface area contributed by atoms with Crippen LogP contribution in [0.5, 0.6) is 0 Å². The Balaban J connectivity index is 1.55. The average Bonchev–Trinajstić information content (AvgIpc) is 3.53. The first-order chi connectivity index (χ1) is 20.1. The van der Waals surface area contributed by atoms with Gasteiger partial charge in [-0.2, -0.15) is 0 Å². The molecule has 8 nitrogen and oxygen atoms in total. The minimum Gasteiger partial charge on any atom is -0.359 e. The number of rotatable bonds is 10. The number of aromatic nitrogens is 3. The number of aryl methyl sites for hydroxylation is 5. The van der Waals surface area contributed by atoms with Gasteiger partial charge in [-0.1, -0.05) is 50.5 Å². The van der Waals surface area contributed by atoms with Crippen LogP contribution in [0.15, 0.2) is 56.0 Å². The number of anilines is 1. The molecule has 0 bridgehead atoms. The summed E-state index contributed by atoms with van der Waals surface area (Å²) in [4.78, 5) is 18.8. The van der Waals surface area contributed by atoms with Crippen molar-refractivity contribution < 1.29 is 12.9 Å². The van der Waals surface area contributed by atoms with Crippen LogP contribution >= 0.6 is 11.3 Å². The van der Waals surface area contributed by atoms with E-state index >= 15 is 0 Å². The van der Waals surface area contributed by atoms with Gasteiger partial charge in [0.1, 0.15) is 9.97 Å². The van der Waals surface area contributed by atoms with E-state index in [1.165, 1.54) is 11.3 Å². The zero-order valence-electron chi connectivity index (χ0n) is 24.9. The van der Waals surface area contributed by atoms with Gasteiger partial charge in [0, 0.05) is 38.8 Å². The van der Waals surface area contributed by atoms with Crippen LogP contribution in [-0.2, 0) is 35.8 Å². The van der Waals surface area contributed by atoms with Gasteiger partial charge in [0.05, 0.1) is 12.1 Å². The molecule has 1 aromatic carbocycles. The Bertz CT molecular complexity index is 1950. The van der Waals surface area contributed by atoms with Crippen molar-refractivity contribution in [2.24, 2.45) is 0 Å². The van der Waals surface area contributed by atoms with Crippen LogP contribution in [0.4, 0.5) is 5.82 Å². The monoisotopic (exact) mass is 604 g/mol. The molecule has 10 heteroatoms. The molecule has 0 saturated carbocycles. The fourth-order valence-corrected chi connectivity index (χ4v) is 8.09. The lowest BCUT2D eigenvalue weighted by atomic mass is 9.99. The summed E-state index contributed by atoms with van der Waals surface area (Å²) in [5.41, 5.74) is 6.80. The van der Waals surface area contributed by atoms with Crippen LogP contribution in [0, 0.1) is 20.8 Å². The quantitative estimate of drug-likeness (QED) is 0.185. The molecule has 0 unspecified atom stereocenters. The van der Waals surface area contributed by atoms with Crippen molar-refractivity contribution in [3.05, 3.63) is 91.5 Å². The Labute approximate surface area is 250 Å². The normalized spacial score (nSPS) is 11.9. The van der Waals surface area contributed by atoms with Crippen molar-refractivity contribution in [2.45, 2.75) is 78.0 Å². The predicted octanol–water partition coefficient (Wildman–Crippen LogP) is 6.96. The van der Waals surface area contributed by atoms with Gasteiger partial charge in [0.15, 0.2) is 5.82 Å². The van der Waals surface area contributed by atoms with Crippen molar-refractivity contribution in [1.82, 2.24) is 14.7 Å². The van der Waals surface area contributed by atoms with E-state index in [1.807, 2.05) is 43.3 Å². The molecule has 5 rings (SSSR count). The Kier molecular flexibility index (Phi) is 8.39.